The standard InChI is InChI=1S/C13H15F3N2/c1-9(2)8-18-12(7-17)10-4-3-5-11(6-10)13(14,15)16/h3-6,9,12,18H,8H2,1-2H3. The minimum atomic E-state index is -4.38. The molecule has 1 aromatic rings. The molecule has 18 heavy (non-hydrogen) atoms. The highest BCUT2D eigenvalue weighted by molar-refractivity contribution is 5.30. The fourth-order valence-electron chi connectivity index (χ4n) is 1.49. The number of nitriles is 1. The van der Waals surface area contributed by atoms with Gasteiger partial charge in [-0.15, -0.1) is 0 Å². The predicted octanol–water partition coefficient (Wildman–Crippen LogP) is 3.52. The van der Waals surface area contributed by atoms with Crippen molar-refractivity contribution in [2.75, 3.05) is 6.54 Å². The first-order valence-corrected chi connectivity index (χ1v) is 5.64. The smallest absolute Gasteiger partial charge is 0.298 e. The Morgan fingerprint density at radius 1 is 1.33 bits per heavy atom. The molecule has 0 bridgehead atoms. The number of halogens is 3. The first-order valence-electron chi connectivity index (χ1n) is 5.64. The Morgan fingerprint density at radius 2 is 2.00 bits per heavy atom. The van der Waals surface area contributed by atoms with E-state index in [1.807, 2.05) is 19.9 Å². The molecular weight excluding hydrogens is 241 g/mol. The summed E-state index contributed by atoms with van der Waals surface area (Å²) in [6.07, 6.45) is -4.38. The van der Waals surface area contributed by atoms with Gasteiger partial charge in [0.25, 0.3) is 0 Å². The van der Waals surface area contributed by atoms with Crippen LogP contribution in [0, 0.1) is 17.2 Å². The lowest BCUT2D eigenvalue weighted by molar-refractivity contribution is -0.137. The minimum absolute atomic E-state index is 0.326. The number of alkyl halides is 3. The van der Waals surface area contributed by atoms with E-state index in [1.165, 1.54) is 12.1 Å². The Labute approximate surface area is 104 Å². The van der Waals surface area contributed by atoms with Crippen molar-refractivity contribution in [3.05, 3.63) is 35.4 Å². The summed E-state index contributed by atoms with van der Waals surface area (Å²) in [5.74, 6) is 0.326. The maximum absolute atomic E-state index is 12.5. The van der Waals surface area contributed by atoms with E-state index in [0.717, 1.165) is 12.1 Å². The van der Waals surface area contributed by atoms with Crippen molar-refractivity contribution in [2.24, 2.45) is 5.92 Å². The van der Waals surface area contributed by atoms with Crippen LogP contribution in [0.1, 0.15) is 31.0 Å². The van der Waals surface area contributed by atoms with Crippen molar-refractivity contribution in [3.8, 4) is 6.07 Å². The molecule has 0 aromatic heterocycles. The zero-order chi connectivity index (χ0) is 13.8. The number of nitrogens with one attached hydrogen (secondary N) is 1. The molecule has 0 amide bonds. The van der Waals surface area contributed by atoms with E-state index in [1.54, 1.807) is 0 Å². The van der Waals surface area contributed by atoms with Gasteiger partial charge in [-0.3, -0.25) is 5.32 Å². The Morgan fingerprint density at radius 3 is 2.50 bits per heavy atom. The summed E-state index contributed by atoms with van der Waals surface area (Å²) in [6.45, 7) is 4.51. The molecule has 0 fully saturated rings. The molecule has 0 aliphatic heterocycles. The summed E-state index contributed by atoms with van der Waals surface area (Å²) in [6, 6.07) is 6.12. The normalized spacial score (nSPS) is 13.4. The lowest BCUT2D eigenvalue weighted by Gasteiger charge is -2.15. The van der Waals surface area contributed by atoms with Crippen molar-refractivity contribution in [1.29, 1.82) is 5.26 Å². The Kier molecular flexibility index (Phi) is 4.74. The minimum Gasteiger partial charge on any atom is -0.298 e. The van der Waals surface area contributed by atoms with Gasteiger partial charge >= 0.3 is 6.18 Å². The maximum Gasteiger partial charge on any atom is 0.416 e. The van der Waals surface area contributed by atoms with Crippen LogP contribution in [0.25, 0.3) is 0 Å². The van der Waals surface area contributed by atoms with Crippen LogP contribution < -0.4 is 5.32 Å². The van der Waals surface area contributed by atoms with Crippen LogP contribution in [0.15, 0.2) is 24.3 Å². The largest absolute Gasteiger partial charge is 0.416 e. The zero-order valence-electron chi connectivity index (χ0n) is 10.3. The quantitative estimate of drug-likeness (QED) is 0.894. The third kappa shape index (κ3) is 4.04. The van der Waals surface area contributed by atoms with Crippen LogP contribution in [-0.2, 0) is 6.18 Å². The lowest BCUT2D eigenvalue weighted by atomic mass is 10.0. The maximum atomic E-state index is 12.5. The monoisotopic (exact) mass is 256 g/mol. The fourth-order valence-corrected chi connectivity index (χ4v) is 1.49. The van der Waals surface area contributed by atoms with E-state index in [9.17, 15) is 13.2 Å². The van der Waals surface area contributed by atoms with E-state index in [2.05, 4.69) is 5.32 Å². The van der Waals surface area contributed by atoms with Crippen molar-refractivity contribution in [1.82, 2.24) is 5.32 Å². The average molecular weight is 256 g/mol. The third-order valence-corrected chi connectivity index (χ3v) is 2.41. The highest BCUT2D eigenvalue weighted by atomic mass is 19.4. The molecule has 5 heteroatoms. The third-order valence-electron chi connectivity index (χ3n) is 2.41. The van der Waals surface area contributed by atoms with Gasteiger partial charge in [0.15, 0.2) is 0 Å². The summed E-state index contributed by atoms with van der Waals surface area (Å²) < 4.78 is 37.6. The molecule has 0 spiro atoms. The van der Waals surface area contributed by atoms with Crippen molar-refractivity contribution >= 4 is 0 Å². The van der Waals surface area contributed by atoms with Gasteiger partial charge in [-0.25, -0.2) is 0 Å². The molecule has 1 N–H and O–H groups in total. The zero-order valence-corrected chi connectivity index (χ0v) is 10.3. The summed E-state index contributed by atoms with van der Waals surface area (Å²) in [5.41, 5.74) is -0.389. The van der Waals surface area contributed by atoms with Crippen LogP contribution in [-0.4, -0.2) is 6.54 Å². The van der Waals surface area contributed by atoms with Crippen molar-refractivity contribution < 1.29 is 13.2 Å². The SMILES string of the molecule is CC(C)CNC(C#N)c1cccc(C(F)(F)F)c1. The number of benzene rings is 1. The van der Waals surface area contributed by atoms with E-state index in [-0.39, 0.29) is 0 Å². The fraction of sp³-hybridized carbons (Fsp3) is 0.462. The molecule has 0 radical (unpaired) electrons. The number of nitrogens with zero attached hydrogens (tertiary/aromatic N) is 1. The van der Waals surface area contributed by atoms with Gasteiger partial charge in [-0.2, -0.15) is 18.4 Å². The second-order valence-electron chi connectivity index (χ2n) is 4.49. The molecule has 98 valence electrons. The van der Waals surface area contributed by atoms with Gasteiger partial charge in [-0.05, 0) is 30.2 Å². The molecule has 2 nitrogen and oxygen atoms in total. The van der Waals surface area contributed by atoms with E-state index < -0.39 is 17.8 Å². The van der Waals surface area contributed by atoms with Gasteiger partial charge < -0.3 is 0 Å². The van der Waals surface area contributed by atoms with Gasteiger partial charge in [0.1, 0.15) is 6.04 Å². The number of hydrogen-bond acceptors (Lipinski definition) is 2. The Hall–Kier alpha value is -1.54. The predicted molar refractivity (Wildman–Crippen MR) is 62.6 cm³/mol. The Bertz CT molecular complexity index is 433. The van der Waals surface area contributed by atoms with Crippen LogP contribution in [0.3, 0.4) is 0 Å². The second-order valence-corrected chi connectivity index (χ2v) is 4.49. The van der Waals surface area contributed by atoms with Crippen LogP contribution >= 0.6 is 0 Å². The van der Waals surface area contributed by atoms with Gasteiger partial charge in [0, 0.05) is 0 Å². The van der Waals surface area contributed by atoms with E-state index in [0.29, 0.717) is 18.0 Å². The lowest BCUT2D eigenvalue weighted by Crippen LogP contribution is -2.24. The molecule has 1 atom stereocenters. The highest BCUT2D eigenvalue weighted by Crippen LogP contribution is 2.30. The summed E-state index contributed by atoms with van der Waals surface area (Å²) in [4.78, 5) is 0. The summed E-state index contributed by atoms with van der Waals surface area (Å²) in [5, 5.41) is 11.9. The average Bonchev–Trinajstić information content (AvgIpc) is 2.29. The molecule has 1 unspecified atom stereocenters. The van der Waals surface area contributed by atoms with Crippen LogP contribution in [0.2, 0.25) is 0 Å². The molecule has 0 aliphatic carbocycles. The molecule has 0 saturated carbocycles. The first kappa shape index (κ1) is 14.5. The summed E-state index contributed by atoms with van der Waals surface area (Å²) in [7, 11) is 0. The van der Waals surface area contributed by atoms with Gasteiger partial charge in [0.05, 0.1) is 11.6 Å². The molecule has 1 aromatic carbocycles. The number of rotatable bonds is 4. The van der Waals surface area contributed by atoms with E-state index >= 15 is 0 Å². The molecule has 0 aliphatic rings. The molecular formula is C13H15F3N2. The summed E-state index contributed by atoms with van der Waals surface area (Å²) >= 11 is 0. The first-order chi connectivity index (χ1) is 8.34. The highest BCUT2D eigenvalue weighted by Gasteiger charge is 2.30. The molecule has 1 rings (SSSR count). The second kappa shape index (κ2) is 5.87. The Balaban J connectivity index is 2.91. The molecule has 0 saturated heterocycles. The van der Waals surface area contributed by atoms with E-state index in [4.69, 9.17) is 5.26 Å². The van der Waals surface area contributed by atoms with Crippen LogP contribution in [0.4, 0.5) is 13.2 Å². The van der Waals surface area contributed by atoms with Gasteiger partial charge in [-0.1, -0.05) is 26.0 Å². The van der Waals surface area contributed by atoms with Crippen molar-refractivity contribution in [3.63, 3.8) is 0 Å². The van der Waals surface area contributed by atoms with Crippen molar-refractivity contribution in [2.45, 2.75) is 26.1 Å². The van der Waals surface area contributed by atoms with Gasteiger partial charge in [0.2, 0.25) is 0 Å². The van der Waals surface area contributed by atoms with Crippen LogP contribution in [0.5, 0.6) is 0 Å². The topological polar surface area (TPSA) is 35.8 Å². The molecule has 0 heterocycles. The number of hydrogen-bond donors (Lipinski definition) is 1.